The lowest BCUT2D eigenvalue weighted by Crippen LogP contribution is -2.43. The molecule has 1 aliphatic rings. The first-order valence-electron chi connectivity index (χ1n) is 6.16. The van der Waals surface area contributed by atoms with Gasteiger partial charge >= 0.3 is 0 Å². The van der Waals surface area contributed by atoms with Gasteiger partial charge in [-0.3, -0.25) is 9.69 Å². The molecule has 18 heavy (non-hydrogen) atoms. The van der Waals surface area contributed by atoms with Crippen LogP contribution in [0, 0.1) is 0 Å². The largest absolute Gasteiger partial charge is 0.391 e. The summed E-state index contributed by atoms with van der Waals surface area (Å²) in [5, 5.41) is 8.94. The van der Waals surface area contributed by atoms with Gasteiger partial charge in [0.25, 0.3) is 5.56 Å². The normalized spacial score (nSPS) is 21.4. The minimum Gasteiger partial charge on any atom is -0.391 e. The minimum absolute atomic E-state index is 0.207. The van der Waals surface area contributed by atoms with Crippen LogP contribution < -0.4 is 5.56 Å². The molecule has 1 saturated heterocycles. The smallest absolute Gasteiger partial charge is 0.256 e. The molecule has 2 N–H and O–H groups in total. The first-order chi connectivity index (χ1) is 8.61. The highest BCUT2D eigenvalue weighted by Gasteiger charge is 2.25. The lowest BCUT2D eigenvalue weighted by atomic mass is 10.2. The molecule has 0 amide bonds. The van der Waals surface area contributed by atoms with Gasteiger partial charge in [-0.05, 0) is 13.8 Å². The Bertz CT molecular complexity index is 458. The van der Waals surface area contributed by atoms with Crippen molar-refractivity contribution in [3.05, 3.63) is 27.9 Å². The van der Waals surface area contributed by atoms with Crippen LogP contribution in [0.2, 0.25) is 0 Å². The molecule has 1 atom stereocenters. The van der Waals surface area contributed by atoms with Crippen molar-refractivity contribution in [3.8, 4) is 0 Å². The molecule has 0 saturated carbocycles. The second-order valence-electron chi connectivity index (χ2n) is 4.73. The Kier molecular flexibility index (Phi) is 4.11. The Morgan fingerprint density at radius 1 is 1.67 bits per heavy atom. The average Bonchev–Trinajstić information content (AvgIpc) is 2.38. The second-order valence-corrected chi connectivity index (χ2v) is 4.73. The summed E-state index contributed by atoms with van der Waals surface area (Å²) in [7, 11) is 0. The quantitative estimate of drug-likeness (QED) is 0.795. The van der Waals surface area contributed by atoms with Gasteiger partial charge in [-0.25, -0.2) is 4.98 Å². The number of aromatic nitrogens is 2. The molecule has 6 heteroatoms. The minimum atomic E-state index is -0.299. The van der Waals surface area contributed by atoms with Gasteiger partial charge < -0.3 is 14.8 Å². The molecule has 1 fully saturated rings. The molecule has 6 nitrogen and oxygen atoms in total. The number of nitrogens with one attached hydrogen (secondary N) is 1. The van der Waals surface area contributed by atoms with Crippen molar-refractivity contribution < 1.29 is 9.84 Å². The zero-order chi connectivity index (χ0) is 13.1. The van der Waals surface area contributed by atoms with E-state index in [0.717, 1.165) is 13.1 Å². The number of H-pyrrole nitrogens is 1. The molecule has 0 radical (unpaired) electrons. The van der Waals surface area contributed by atoms with Crippen LogP contribution in [-0.2, 0) is 11.3 Å². The molecule has 2 heterocycles. The number of nitrogens with zero attached hydrogens (tertiary/aromatic N) is 2. The zero-order valence-electron chi connectivity index (χ0n) is 10.7. The van der Waals surface area contributed by atoms with Crippen LogP contribution in [0.5, 0.6) is 0 Å². The van der Waals surface area contributed by atoms with Crippen molar-refractivity contribution in [2.75, 3.05) is 19.7 Å². The third-order valence-electron chi connectivity index (χ3n) is 3.20. The van der Waals surface area contributed by atoms with Crippen LogP contribution in [0.3, 0.4) is 0 Å². The maximum Gasteiger partial charge on any atom is 0.256 e. The van der Waals surface area contributed by atoms with Gasteiger partial charge in [0.2, 0.25) is 0 Å². The Balaban J connectivity index is 2.16. The standard InChI is InChI=1S/C12H19N3O3/c1-8(2)15-3-4-18-10(6-15)11-13-5-9(7-16)12(17)14-11/h5,8,10,16H,3-4,6-7H2,1-2H3,(H,13,14,17). The maximum absolute atomic E-state index is 11.6. The van der Waals surface area contributed by atoms with Gasteiger partial charge in [0.05, 0.1) is 18.8 Å². The topological polar surface area (TPSA) is 78.5 Å². The van der Waals surface area contributed by atoms with E-state index < -0.39 is 0 Å². The van der Waals surface area contributed by atoms with Crippen molar-refractivity contribution >= 4 is 0 Å². The van der Waals surface area contributed by atoms with Gasteiger partial charge in [-0.1, -0.05) is 0 Å². The second kappa shape index (κ2) is 5.60. The van der Waals surface area contributed by atoms with E-state index in [1.807, 2.05) is 0 Å². The molecule has 0 bridgehead atoms. The van der Waals surface area contributed by atoms with E-state index in [-0.39, 0.29) is 23.8 Å². The van der Waals surface area contributed by atoms with Crippen molar-refractivity contribution in [1.29, 1.82) is 0 Å². The van der Waals surface area contributed by atoms with Crippen molar-refractivity contribution in [2.45, 2.75) is 32.6 Å². The van der Waals surface area contributed by atoms with E-state index in [0.29, 0.717) is 18.5 Å². The average molecular weight is 253 g/mol. The van der Waals surface area contributed by atoms with E-state index in [2.05, 4.69) is 28.7 Å². The summed E-state index contributed by atoms with van der Waals surface area (Å²) in [6.45, 7) is 6.22. The molecular weight excluding hydrogens is 234 g/mol. The lowest BCUT2D eigenvalue weighted by Gasteiger charge is -2.34. The highest BCUT2D eigenvalue weighted by Crippen LogP contribution is 2.19. The predicted octanol–water partition coefficient (Wildman–Crippen LogP) is 0.0439. The number of hydrogen-bond donors (Lipinski definition) is 2. The summed E-state index contributed by atoms with van der Waals surface area (Å²) in [6, 6.07) is 0.444. The van der Waals surface area contributed by atoms with Gasteiger partial charge in [0.15, 0.2) is 0 Å². The summed E-state index contributed by atoms with van der Waals surface area (Å²) in [5.74, 6) is 0.530. The van der Waals surface area contributed by atoms with Crippen LogP contribution >= 0.6 is 0 Å². The van der Waals surface area contributed by atoms with Crippen LogP contribution in [0.25, 0.3) is 0 Å². The molecular formula is C12H19N3O3. The van der Waals surface area contributed by atoms with E-state index >= 15 is 0 Å². The highest BCUT2D eigenvalue weighted by atomic mass is 16.5. The fourth-order valence-electron chi connectivity index (χ4n) is 2.01. The third kappa shape index (κ3) is 2.77. The highest BCUT2D eigenvalue weighted by molar-refractivity contribution is 5.06. The Morgan fingerprint density at radius 3 is 3.06 bits per heavy atom. The molecule has 1 aliphatic heterocycles. The molecule has 1 aromatic rings. The zero-order valence-corrected chi connectivity index (χ0v) is 10.7. The fraction of sp³-hybridized carbons (Fsp3) is 0.667. The molecule has 1 aromatic heterocycles. The molecule has 100 valence electrons. The number of aliphatic hydroxyl groups excluding tert-OH is 1. The summed E-state index contributed by atoms with van der Waals surface area (Å²) in [4.78, 5) is 20.7. The van der Waals surface area contributed by atoms with Crippen LogP contribution in [-0.4, -0.2) is 45.7 Å². The van der Waals surface area contributed by atoms with Crippen LogP contribution in [0.4, 0.5) is 0 Å². The van der Waals surface area contributed by atoms with Crippen molar-refractivity contribution in [2.24, 2.45) is 0 Å². The Morgan fingerprint density at radius 2 is 2.44 bits per heavy atom. The Labute approximate surface area is 106 Å². The Hall–Kier alpha value is -1.24. The number of aromatic amines is 1. The van der Waals surface area contributed by atoms with Crippen LogP contribution in [0.1, 0.15) is 31.3 Å². The SMILES string of the molecule is CC(C)N1CCOC(c2ncc(CO)c(=O)[nH]2)C1. The summed E-state index contributed by atoms with van der Waals surface area (Å²) < 4.78 is 5.64. The molecule has 0 aliphatic carbocycles. The van der Waals surface area contributed by atoms with E-state index in [1.165, 1.54) is 6.20 Å². The first-order valence-corrected chi connectivity index (χ1v) is 6.16. The molecule has 1 unspecified atom stereocenters. The maximum atomic E-state index is 11.6. The number of hydrogen-bond acceptors (Lipinski definition) is 5. The molecule has 2 rings (SSSR count). The number of aliphatic hydroxyl groups is 1. The number of morpholine rings is 1. The molecule has 0 aromatic carbocycles. The molecule has 0 spiro atoms. The lowest BCUT2D eigenvalue weighted by molar-refractivity contribution is -0.0444. The summed E-state index contributed by atoms with van der Waals surface area (Å²) >= 11 is 0. The number of ether oxygens (including phenoxy) is 1. The van der Waals surface area contributed by atoms with Crippen LogP contribution in [0.15, 0.2) is 11.0 Å². The number of rotatable bonds is 3. The predicted molar refractivity (Wildman–Crippen MR) is 66.2 cm³/mol. The van der Waals surface area contributed by atoms with Gasteiger partial charge in [-0.2, -0.15) is 0 Å². The van der Waals surface area contributed by atoms with Gasteiger partial charge in [0.1, 0.15) is 11.9 Å². The van der Waals surface area contributed by atoms with Gasteiger partial charge in [-0.15, -0.1) is 0 Å². The monoisotopic (exact) mass is 253 g/mol. The van der Waals surface area contributed by atoms with E-state index in [9.17, 15) is 4.79 Å². The fourth-order valence-corrected chi connectivity index (χ4v) is 2.01. The van der Waals surface area contributed by atoms with E-state index in [4.69, 9.17) is 9.84 Å². The third-order valence-corrected chi connectivity index (χ3v) is 3.20. The van der Waals surface area contributed by atoms with Crippen molar-refractivity contribution in [3.63, 3.8) is 0 Å². The van der Waals surface area contributed by atoms with Crippen molar-refractivity contribution in [1.82, 2.24) is 14.9 Å². The summed E-state index contributed by atoms with van der Waals surface area (Å²) in [5.41, 5.74) is -0.0250. The van der Waals surface area contributed by atoms with E-state index in [1.54, 1.807) is 0 Å². The summed E-state index contributed by atoms with van der Waals surface area (Å²) in [6.07, 6.45) is 1.20. The first kappa shape index (κ1) is 13.2. The van der Waals surface area contributed by atoms with Gasteiger partial charge in [0, 0.05) is 25.3 Å².